The monoisotopic (exact) mass is 421 g/mol. The van der Waals surface area contributed by atoms with Crippen molar-refractivity contribution in [1.82, 2.24) is 4.90 Å². The molecule has 1 aromatic rings. The highest BCUT2D eigenvalue weighted by Gasteiger charge is 2.40. The number of ether oxygens (including phenoxy) is 1. The number of amides is 2. The molecule has 0 aromatic carbocycles. The van der Waals surface area contributed by atoms with Gasteiger partial charge in [0.2, 0.25) is 11.8 Å². The normalized spacial score (nSPS) is 23.7. The topological polar surface area (TPSA) is 88.1 Å². The molecule has 0 bridgehead atoms. The molecule has 1 N–H and O–H groups in total. The van der Waals surface area contributed by atoms with Gasteiger partial charge in [-0.25, -0.2) is 4.79 Å². The van der Waals surface area contributed by atoms with E-state index in [-0.39, 0.29) is 18.2 Å². The molecule has 28 heavy (non-hydrogen) atoms. The van der Waals surface area contributed by atoms with Gasteiger partial charge in [-0.2, -0.15) is 0 Å². The van der Waals surface area contributed by atoms with Gasteiger partial charge in [0.15, 0.2) is 5.17 Å². The van der Waals surface area contributed by atoms with Crippen molar-refractivity contribution in [1.29, 1.82) is 0 Å². The number of thioether (sulfide) groups is 1. The highest BCUT2D eigenvalue weighted by molar-refractivity contribution is 8.15. The molecule has 4 rings (SSSR count). The number of fused-ring (bicyclic) bond motifs is 2. The average molecular weight is 422 g/mol. The van der Waals surface area contributed by atoms with Crippen LogP contribution < -0.4 is 5.32 Å². The molecule has 1 saturated heterocycles. The number of hydrogen-bond donors (Lipinski definition) is 1. The average Bonchev–Trinajstić information content (AvgIpc) is 3.18. The smallest absolute Gasteiger partial charge is 0.341 e. The number of aliphatic imine (C=N–C) groups is 1. The third-order valence-corrected chi connectivity index (χ3v) is 7.71. The number of anilines is 1. The Morgan fingerprint density at radius 2 is 2.21 bits per heavy atom. The Balaban J connectivity index is 1.50. The van der Waals surface area contributed by atoms with Crippen LogP contribution in [0.25, 0.3) is 0 Å². The molecule has 9 heteroatoms. The predicted molar refractivity (Wildman–Crippen MR) is 110 cm³/mol. The fourth-order valence-corrected chi connectivity index (χ4v) is 6.48. The summed E-state index contributed by atoms with van der Waals surface area (Å²) >= 11 is 2.82. The first kappa shape index (κ1) is 19.4. The van der Waals surface area contributed by atoms with Crippen molar-refractivity contribution in [3.05, 3.63) is 16.0 Å². The molecular weight excluding hydrogens is 398 g/mol. The zero-order valence-corrected chi connectivity index (χ0v) is 17.6. The van der Waals surface area contributed by atoms with Crippen LogP contribution in [0.4, 0.5) is 5.00 Å². The number of methoxy groups -OCH3 is 1. The number of thiophene rings is 1. The minimum atomic E-state index is -0.451. The Morgan fingerprint density at radius 3 is 2.96 bits per heavy atom. The molecule has 1 aliphatic carbocycles. The number of amidine groups is 1. The molecular formula is C19H23N3O4S2. The van der Waals surface area contributed by atoms with Crippen molar-refractivity contribution in [3.63, 3.8) is 0 Å². The molecule has 150 valence electrons. The van der Waals surface area contributed by atoms with E-state index in [0.717, 1.165) is 47.8 Å². The van der Waals surface area contributed by atoms with Gasteiger partial charge in [-0.05, 0) is 37.2 Å². The quantitative estimate of drug-likeness (QED) is 0.755. The molecule has 1 fully saturated rings. The van der Waals surface area contributed by atoms with Crippen molar-refractivity contribution in [2.75, 3.05) is 25.5 Å². The van der Waals surface area contributed by atoms with E-state index in [0.29, 0.717) is 23.0 Å². The number of nitrogens with one attached hydrogen (secondary N) is 1. The number of esters is 1. The second-order valence-corrected chi connectivity index (χ2v) is 9.69. The highest BCUT2D eigenvalue weighted by atomic mass is 32.2. The molecule has 1 aromatic heterocycles. The lowest BCUT2D eigenvalue weighted by atomic mass is 9.88. The highest BCUT2D eigenvalue weighted by Crippen LogP contribution is 2.40. The van der Waals surface area contributed by atoms with E-state index in [1.54, 1.807) is 4.90 Å². The van der Waals surface area contributed by atoms with Gasteiger partial charge in [-0.1, -0.05) is 18.7 Å². The van der Waals surface area contributed by atoms with Gasteiger partial charge in [0, 0.05) is 24.4 Å². The zero-order valence-electron chi connectivity index (χ0n) is 15.9. The van der Waals surface area contributed by atoms with Gasteiger partial charge < -0.3 is 10.1 Å². The number of carbonyl (C=O) groups is 3. The summed E-state index contributed by atoms with van der Waals surface area (Å²) in [7, 11) is 1.36. The SMILES string of the molecule is COC(=O)c1c(NC(=O)CC2SC3=NCCCN3C2=O)sc2c1CCC(C)C2. The van der Waals surface area contributed by atoms with Crippen molar-refractivity contribution in [2.24, 2.45) is 10.9 Å². The Labute approximate surface area is 171 Å². The van der Waals surface area contributed by atoms with Crippen molar-refractivity contribution in [3.8, 4) is 0 Å². The molecule has 3 aliphatic rings. The number of rotatable bonds is 4. The summed E-state index contributed by atoms with van der Waals surface area (Å²) in [6.45, 7) is 3.59. The third-order valence-electron chi connectivity index (χ3n) is 5.33. The van der Waals surface area contributed by atoms with Crippen molar-refractivity contribution < 1.29 is 19.1 Å². The third kappa shape index (κ3) is 3.57. The van der Waals surface area contributed by atoms with Crippen LogP contribution in [-0.4, -0.2) is 53.3 Å². The molecule has 2 aliphatic heterocycles. The number of hydrogen-bond acceptors (Lipinski definition) is 7. The van der Waals surface area contributed by atoms with Gasteiger partial charge in [0.1, 0.15) is 10.3 Å². The van der Waals surface area contributed by atoms with Crippen LogP contribution in [0.15, 0.2) is 4.99 Å². The Bertz CT molecular complexity index is 864. The molecule has 7 nitrogen and oxygen atoms in total. The lowest BCUT2D eigenvalue weighted by Crippen LogP contribution is -2.36. The summed E-state index contributed by atoms with van der Waals surface area (Å²) in [6, 6.07) is 0. The first-order valence-corrected chi connectivity index (χ1v) is 11.2. The van der Waals surface area contributed by atoms with E-state index in [1.807, 2.05) is 0 Å². The number of nitrogens with zero attached hydrogens (tertiary/aromatic N) is 2. The lowest BCUT2D eigenvalue weighted by molar-refractivity contribution is -0.128. The minimum absolute atomic E-state index is 0.0499. The van der Waals surface area contributed by atoms with E-state index in [1.165, 1.54) is 30.2 Å². The molecule has 0 spiro atoms. The maximum Gasteiger partial charge on any atom is 0.341 e. The Morgan fingerprint density at radius 1 is 1.39 bits per heavy atom. The second kappa shape index (κ2) is 7.87. The first-order chi connectivity index (χ1) is 13.5. The largest absolute Gasteiger partial charge is 0.465 e. The van der Waals surface area contributed by atoms with E-state index in [2.05, 4.69) is 17.2 Å². The van der Waals surface area contributed by atoms with E-state index in [9.17, 15) is 14.4 Å². The fourth-order valence-electron chi connectivity index (χ4n) is 3.87. The molecule has 0 saturated carbocycles. The van der Waals surface area contributed by atoms with Crippen molar-refractivity contribution in [2.45, 2.75) is 44.3 Å². The van der Waals surface area contributed by atoms with E-state index in [4.69, 9.17) is 4.74 Å². The van der Waals surface area contributed by atoms with Crippen LogP contribution >= 0.6 is 23.1 Å². The lowest BCUT2D eigenvalue weighted by Gasteiger charge is -2.19. The Hall–Kier alpha value is -1.87. The summed E-state index contributed by atoms with van der Waals surface area (Å²) in [5, 5.41) is 3.70. The standard InChI is InChI=1S/C19H23N3O4S2/c1-10-4-5-11-12(8-10)27-16(15(11)18(25)26-2)21-14(23)9-13-17(24)22-7-3-6-20-19(22)28-13/h10,13H,3-9H2,1-2H3,(H,21,23). The summed E-state index contributed by atoms with van der Waals surface area (Å²) in [6.07, 6.45) is 3.67. The summed E-state index contributed by atoms with van der Waals surface area (Å²) in [5.74, 6) is -0.166. The van der Waals surface area contributed by atoms with Gasteiger partial charge in [0.25, 0.3) is 0 Å². The molecule has 3 heterocycles. The van der Waals surface area contributed by atoms with E-state index >= 15 is 0 Å². The van der Waals surface area contributed by atoms with Gasteiger partial charge in [-0.15, -0.1) is 11.3 Å². The second-order valence-electron chi connectivity index (χ2n) is 7.41. The van der Waals surface area contributed by atoms with Gasteiger partial charge >= 0.3 is 5.97 Å². The fraction of sp³-hybridized carbons (Fsp3) is 0.579. The van der Waals surface area contributed by atoms with Crippen LogP contribution in [0, 0.1) is 5.92 Å². The Kier molecular flexibility index (Phi) is 5.46. The summed E-state index contributed by atoms with van der Waals surface area (Å²) in [4.78, 5) is 44.7. The van der Waals surface area contributed by atoms with Gasteiger partial charge in [0.05, 0.1) is 12.7 Å². The maximum absolute atomic E-state index is 12.7. The first-order valence-electron chi connectivity index (χ1n) is 9.53. The van der Waals surface area contributed by atoms with Crippen LogP contribution in [0.3, 0.4) is 0 Å². The number of carbonyl (C=O) groups excluding carboxylic acids is 3. The zero-order chi connectivity index (χ0) is 19.8. The predicted octanol–water partition coefficient (Wildman–Crippen LogP) is 2.69. The molecule has 2 atom stereocenters. The molecule has 2 amide bonds. The maximum atomic E-state index is 12.7. The van der Waals surface area contributed by atoms with Gasteiger partial charge in [-0.3, -0.25) is 19.5 Å². The van der Waals surface area contributed by atoms with E-state index < -0.39 is 11.2 Å². The minimum Gasteiger partial charge on any atom is -0.465 e. The summed E-state index contributed by atoms with van der Waals surface area (Å²) < 4.78 is 4.96. The molecule has 0 radical (unpaired) electrons. The van der Waals surface area contributed by atoms with Crippen LogP contribution in [0.5, 0.6) is 0 Å². The van der Waals surface area contributed by atoms with Crippen molar-refractivity contribution >= 4 is 51.1 Å². The van der Waals surface area contributed by atoms with Crippen LogP contribution in [0.2, 0.25) is 0 Å². The molecule has 2 unspecified atom stereocenters. The van der Waals surface area contributed by atoms with Crippen LogP contribution in [0.1, 0.15) is 47.0 Å². The summed E-state index contributed by atoms with van der Waals surface area (Å²) in [5.41, 5.74) is 1.48. The van der Waals surface area contributed by atoms with Crippen LogP contribution in [-0.2, 0) is 27.2 Å².